The van der Waals surface area contributed by atoms with Gasteiger partial charge in [0, 0.05) is 18.8 Å². The van der Waals surface area contributed by atoms with Gasteiger partial charge in [-0.25, -0.2) is 9.78 Å². The number of nitrogens with one attached hydrogen (secondary N) is 1. The van der Waals surface area contributed by atoms with Crippen molar-refractivity contribution in [3.05, 3.63) is 75.1 Å². The van der Waals surface area contributed by atoms with Crippen molar-refractivity contribution in [1.29, 1.82) is 0 Å². The van der Waals surface area contributed by atoms with Crippen molar-refractivity contribution in [1.82, 2.24) is 10.3 Å². The summed E-state index contributed by atoms with van der Waals surface area (Å²) in [6, 6.07) is 10.7. The molecule has 7 nitrogen and oxygen atoms in total. The molecule has 8 heteroatoms. The second-order valence-corrected chi connectivity index (χ2v) is 5.37. The second kappa shape index (κ2) is 9.39. The molecule has 2 rings (SSSR count). The van der Waals surface area contributed by atoms with Gasteiger partial charge in [0.1, 0.15) is 6.61 Å². The molecule has 1 amide bonds. The van der Waals surface area contributed by atoms with Crippen molar-refractivity contribution in [3.8, 4) is 0 Å². The molecular formula is C17H16ClN3O4. The molecule has 130 valence electrons. The number of carbonyl (C=O) groups is 1. The van der Waals surface area contributed by atoms with Gasteiger partial charge in [0.05, 0.1) is 4.92 Å². The number of carbonyl (C=O) groups excluding carboxylic acids is 1. The molecule has 0 aliphatic heterocycles. The lowest BCUT2D eigenvalue weighted by Gasteiger charge is -2.05. The minimum Gasteiger partial charge on any atom is -0.445 e. The Bertz CT molecular complexity index is 766. The highest BCUT2D eigenvalue weighted by atomic mass is 35.5. The minimum atomic E-state index is -0.586. The first kappa shape index (κ1) is 18.4. The number of benzene rings is 1. The van der Waals surface area contributed by atoms with Gasteiger partial charge in [-0.2, -0.15) is 0 Å². The van der Waals surface area contributed by atoms with E-state index in [1.54, 1.807) is 12.2 Å². The fourth-order valence-corrected chi connectivity index (χ4v) is 2.09. The number of aromatic nitrogens is 1. The molecule has 0 saturated carbocycles. The summed E-state index contributed by atoms with van der Waals surface area (Å²) in [4.78, 5) is 25.5. The smallest absolute Gasteiger partial charge is 0.407 e. The van der Waals surface area contributed by atoms with Crippen LogP contribution in [0.15, 0.2) is 48.7 Å². The monoisotopic (exact) mass is 361 g/mol. The Morgan fingerprint density at radius 1 is 1.36 bits per heavy atom. The lowest BCUT2D eigenvalue weighted by Crippen LogP contribution is -2.24. The third-order valence-corrected chi connectivity index (χ3v) is 3.43. The van der Waals surface area contributed by atoms with Gasteiger partial charge in [0.25, 0.3) is 0 Å². The SMILES string of the molecule is O=C(NCCC=Cc1cnc(Cl)c([N+](=O)[O-])c1)OCc1ccccc1. The topological polar surface area (TPSA) is 94.4 Å². The van der Waals surface area contributed by atoms with E-state index >= 15 is 0 Å². The number of rotatable bonds is 7. The van der Waals surface area contributed by atoms with Crippen LogP contribution in [0, 0.1) is 10.1 Å². The molecule has 0 aliphatic carbocycles. The van der Waals surface area contributed by atoms with E-state index in [4.69, 9.17) is 16.3 Å². The average molecular weight is 362 g/mol. The van der Waals surface area contributed by atoms with Gasteiger partial charge < -0.3 is 10.1 Å². The number of pyridine rings is 1. The normalized spacial score (nSPS) is 10.6. The van der Waals surface area contributed by atoms with Crippen LogP contribution in [0.3, 0.4) is 0 Å². The first-order chi connectivity index (χ1) is 12.1. The van der Waals surface area contributed by atoms with Crippen LogP contribution in [-0.4, -0.2) is 22.5 Å². The zero-order chi connectivity index (χ0) is 18.1. The average Bonchev–Trinajstić information content (AvgIpc) is 2.61. The summed E-state index contributed by atoms with van der Waals surface area (Å²) in [5.41, 5.74) is 1.23. The van der Waals surface area contributed by atoms with Gasteiger partial charge in [-0.05, 0) is 17.5 Å². The summed E-state index contributed by atoms with van der Waals surface area (Å²) in [5, 5.41) is 13.3. The predicted octanol–water partition coefficient (Wildman–Crippen LogP) is 3.97. The quantitative estimate of drug-likeness (QED) is 0.348. The molecule has 0 unspecified atom stereocenters. The number of nitro groups is 1. The second-order valence-electron chi connectivity index (χ2n) is 5.02. The highest BCUT2D eigenvalue weighted by Crippen LogP contribution is 2.22. The van der Waals surface area contributed by atoms with E-state index < -0.39 is 11.0 Å². The Balaban J connectivity index is 1.72. The molecule has 0 fully saturated rings. The molecule has 0 bridgehead atoms. The van der Waals surface area contributed by atoms with Gasteiger partial charge in [-0.15, -0.1) is 0 Å². The fraction of sp³-hybridized carbons (Fsp3) is 0.176. The van der Waals surface area contributed by atoms with E-state index in [-0.39, 0.29) is 17.4 Å². The van der Waals surface area contributed by atoms with E-state index in [9.17, 15) is 14.9 Å². The van der Waals surface area contributed by atoms with Crippen molar-refractivity contribution < 1.29 is 14.5 Å². The van der Waals surface area contributed by atoms with E-state index in [2.05, 4.69) is 10.3 Å². The van der Waals surface area contributed by atoms with Crippen molar-refractivity contribution in [2.24, 2.45) is 0 Å². The number of nitrogens with zero attached hydrogens (tertiary/aromatic N) is 2. The standard InChI is InChI=1S/C17H16ClN3O4/c18-16-15(21(23)24)10-14(11-20-16)8-4-5-9-19-17(22)25-12-13-6-2-1-3-7-13/h1-4,6-8,10-11H,5,9,12H2,(H,19,22). The first-order valence-electron chi connectivity index (χ1n) is 7.47. The molecule has 25 heavy (non-hydrogen) atoms. The molecule has 1 heterocycles. The molecular weight excluding hydrogens is 346 g/mol. The number of amides is 1. The van der Waals surface area contributed by atoms with Gasteiger partial charge in [-0.1, -0.05) is 54.1 Å². The van der Waals surface area contributed by atoms with Crippen molar-refractivity contribution in [3.63, 3.8) is 0 Å². The maximum absolute atomic E-state index is 11.5. The van der Waals surface area contributed by atoms with Gasteiger partial charge in [0.15, 0.2) is 0 Å². The van der Waals surface area contributed by atoms with Crippen molar-refractivity contribution in [2.75, 3.05) is 6.54 Å². The molecule has 1 aromatic carbocycles. The summed E-state index contributed by atoms with van der Waals surface area (Å²) >= 11 is 5.65. The van der Waals surface area contributed by atoms with Crippen LogP contribution in [0.2, 0.25) is 5.15 Å². The third kappa shape index (κ3) is 6.23. The molecule has 1 N–H and O–H groups in total. The summed E-state index contributed by atoms with van der Waals surface area (Å²) in [5.74, 6) is 0. The first-order valence-corrected chi connectivity index (χ1v) is 7.85. The van der Waals surface area contributed by atoms with Crippen molar-refractivity contribution in [2.45, 2.75) is 13.0 Å². The lowest BCUT2D eigenvalue weighted by atomic mass is 10.2. The number of halogens is 1. The van der Waals surface area contributed by atoms with Crippen molar-refractivity contribution >= 4 is 29.5 Å². The maximum atomic E-state index is 11.5. The molecule has 1 aromatic heterocycles. The molecule has 0 saturated heterocycles. The number of alkyl carbamates (subject to hydrolysis) is 1. The summed E-state index contributed by atoms with van der Waals surface area (Å²) in [7, 11) is 0. The number of hydrogen-bond acceptors (Lipinski definition) is 5. The van der Waals surface area contributed by atoms with Crippen LogP contribution in [0.25, 0.3) is 6.08 Å². The highest BCUT2D eigenvalue weighted by Gasteiger charge is 2.13. The zero-order valence-electron chi connectivity index (χ0n) is 13.2. The van der Waals surface area contributed by atoms with E-state index in [0.717, 1.165) is 5.56 Å². The molecule has 0 aliphatic rings. The van der Waals surface area contributed by atoms with E-state index in [1.807, 2.05) is 30.3 Å². The molecule has 0 radical (unpaired) electrons. The molecule has 0 atom stereocenters. The summed E-state index contributed by atoms with van der Waals surface area (Å²) < 4.78 is 5.07. The minimum absolute atomic E-state index is 0.148. The Labute approximate surface area is 149 Å². The predicted molar refractivity (Wildman–Crippen MR) is 94.2 cm³/mol. The Hall–Kier alpha value is -2.93. The Kier molecular flexibility index (Phi) is 6.91. The largest absolute Gasteiger partial charge is 0.445 e. The van der Waals surface area contributed by atoms with Gasteiger partial charge >= 0.3 is 11.8 Å². The van der Waals surface area contributed by atoms with E-state index in [0.29, 0.717) is 18.5 Å². The van der Waals surface area contributed by atoms with Crippen LogP contribution in [0.4, 0.5) is 10.5 Å². The highest BCUT2D eigenvalue weighted by molar-refractivity contribution is 6.31. The summed E-state index contributed by atoms with van der Waals surface area (Å²) in [6.45, 7) is 0.593. The van der Waals surface area contributed by atoms with E-state index in [1.165, 1.54) is 12.3 Å². The number of ether oxygens (including phenoxy) is 1. The van der Waals surface area contributed by atoms with Gasteiger partial charge in [-0.3, -0.25) is 10.1 Å². The van der Waals surface area contributed by atoms with Crippen LogP contribution in [-0.2, 0) is 11.3 Å². The molecule has 0 spiro atoms. The Morgan fingerprint density at radius 3 is 2.84 bits per heavy atom. The maximum Gasteiger partial charge on any atom is 0.407 e. The third-order valence-electron chi connectivity index (χ3n) is 3.14. The Morgan fingerprint density at radius 2 is 2.12 bits per heavy atom. The van der Waals surface area contributed by atoms with Crippen LogP contribution in [0.1, 0.15) is 17.5 Å². The lowest BCUT2D eigenvalue weighted by molar-refractivity contribution is -0.385. The summed E-state index contributed by atoms with van der Waals surface area (Å²) in [6.07, 6.45) is 4.92. The van der Waals surface area contributed by atoms with Gasteiger partial charge in [0.2, 0.25) is 5.15 Å². The van der Waals surface area contributed by atoms with Crippen LogP contribution >= 0.6 is 11.6 Å². The number of hydrogen-bond donors (Lipinski definition) is 1. The van der Waals surface area contributed by atoms with Crippen LogP contribution < -0.4 is 5.32 Å². The fourth-order valence-electron chi connectivity index (χ4n) is 1.92. The molecule has 2 aromatic rings. The van der Waals surface area contributed by atoms with Crippen LogP contribution in [0.5, 0.6) is 0 Å². The zero-order valence-corrected chi connectivity index (χ0v) is 14.0.